The average molecular weight is 237 g/mol. The topological polar surface area (TPSA) is 3.24 Å². The monoisotopic (exact) mass is 237 g/mol. The van der Waals surface area contributed by atoms with E-state index >= 15 is 0 Å². The van der Waals surface area contributed by atoms with Crippen LogP contribution in [0.5, 0.6) is 0 Å². The van der Waals surface area contributed by atoms with Gasteiger partial charge in [-0.3, -0.25) is 0 Å². The highest BCUT2D eigenvalue weighted by Gasteiger charge is 2.09. The van der Waals surface area contributed by atoms with Gasteiger partial charge in [0.1, 0.15) is 0 Å². The Morgan fingerprint density at radius 2 is 1.44 bits per heavy atom. The van der Waals surface area contributed by atoms with Gasteiger partial charge in [-0.05, 0) is 45.0 Å². The summed E-state index contributed by atoms with van der Waals surface area (Å²) in [6, 6.07) is 19.1. The van der Waals surface area contributed by atoms with Crippen molar-refractivity contribution in [2.75, 3.05) is 4.90 Å². The number of hydrogen-bond acceptors (Lipinski definition) is 1. The molecule has 2 aromatic carbocycles. The van der Waals surface area contributed by atoms with Crippen molar-refractivity contribution < 1.29 is 0 Å². The molecule has 0 atom stereocenters. The van der Waals surface area contributed by atoms with Crippen LogP contribution in [0.15, 0.2) is 66.4 Å². The fraction of sp³-hybridized carbons (Fsp3) is 0.176. The first-order chi connectivity index (χ1) is 8.72. The Hall–Kier alpha value is -2.02. The first kappa shape index (κ1) is 12.4. The number of rotatable bonds is 3. The van der Waals surface area contributed by atoms with E-state index in [1.165, 1.54) is 22.6 Å². The van der Waals surface area contributed by atoms with E-state index in [-0.39, 0.29) is 0 Å². The molecule has 0 aromatic heterocycles. The molecule has 1 heteroatoms. The minimum atomic E-state index is 1.19. The van der Waals surface area contributed by atoms with Crippen LogP contribution >= 0.6 is 0 Å². The molecule has 0 spiro atoms. The van der Waals surface area contributed by atoms with Gasteiger partial charge in [0.2, 0.25) is 0 Å². The lowest BCUT2D eigenvalue weighted by Gasteiger charge is -2.25. The first-order valence-corrected chi connectivity index (χ1v) is 6.27. The molecule has 0 saturated heterocycles. The van der Waals surface area contributed by atoms with Gasteiger partial charge in [0.25, 0.3) is 0 Å². The normalized spacial score (nSPS) is 11.4. The van der Waals surface area contributed by atoms with E-state index in [1.807, 2.05) is 6.07 Å². The fourth-order valence-corrected chi connectivity index (χ4v) is 1.96. The van der Waals surface area contributed by atoms with Crippen molar-refractivity contribution in [1.29, 1.82) is 0 Å². The molecule has 0 amide bonds. The molecule has 0 saturated carbocycles. The number of aryl methyl sites for hydroxylation is 1. The number of nitrogens with zero attached hydrogens (tertiary/aromatic N) is 1. The number of para-hydroxylation sites is 1. The summed E-state index contributed by atoms with van der Waals surface area (Å²) >= 11 is 0. The van der Waals surface area contributed by atoms with Gasteiger partial charge in [0, 0.05) is 17.1 Å². The lowest BCUT2D eigenvalue weighted by molar-refractivity contribution is 1.14. The largest absolute Gasteiger partial charge is 0.315 e. The van der Waals surface area contributed by atoms with Gasteiger partial charge >= 0.3 is 0 Å². The molecular weight excluding hydrogens is 218 g/mol. The van der Waals surface area contributed by atoms with Crippen molar-refractivity contribution in [3.63, 3.8) is 0 Å². The molecule has 0 aliphatic rings. The van der Waals surface area contributed by atoms with Crippen molar-refractivity contribution in [2.24, 2.45) is 0 Å². The third-order valence-electron chi connectivity index (χ3n) is 3.08. The summed E-state index contributed by atoms with van der Waals surface area (Å²) in [5.74, 6) is 0. The number of anilines is 2. The summed E-state index contributed by atoms with van der Waals surface area (Å²) in [5.41, 5.74) is 4.90. The molecule has 0 unspecified atom stereocenters. The van der Waals surface area contributed by atoms with E-state index in [4.69, 9.17) is 0 Å². The van der Waals surface area contributed by atoms with Crippen LogP contribution in [-0.2, 0) is 0 Å². The maximum Gasteiger partial charge on any atom is 0.0458 e. The smallest absolute Gasteiger partial charge is 0.0458 e. The quantitative estimate of drug-likeness (QED) is 0.721. The van der Waals surface area contributed by atoms with Crippen molar-refractivity contribution in [1.82, 2.24) is 0 Å². The minimum absolute atomic E-state index is 1.19. The molecule has 0 heterocycles. The third-order valence-corrected chi connectivity index (χ3v) is 3.08. The molecule has 18 heavy (non-hydrogen) atoms. The SMILES string of the molecule is CC=C(C)N(c1ccccc1)c1ccc(C)cc1. The predicted molar refractivity (Wildman–Crippen MR) is 79.2 cm³/mol. The second-order valence-corrected chi connectivity index (χ2v) is 4.44. The zero-order valence-electron chi connectivity index (χ0n) is 11.2. The molecule has 2 aromatic rings. The van der Waals surface area contributed by atoms with E-state index in [2.05, 4.69) is 80.3 Å². The van der Waals surface area contributed by atoms with Gasteiger partial charge in [0.15, 0.2) is 0 Å². The number of allylic oxidation sites excluding steroid dienone is 2. The van der Waals surface area contributed by atoms with Gasteiger partial charge in [0.05, 0.1) is 0 Å². The molecule has 0 aliphatic carbocycles. The summed E-state index contributed by atoms with van der Waals surface area (Å²) in [6.07, 6.45) is 2.13. The summed E-state index contributed by atoms with van der Waals surface area (Å²) in [5, 5.41) is 0. The Labute approximate surface area is 109 Å². The molecule has 1 nitrogen and oxygen atoms in total. The summed E-state index contributed by atoms with van der Waals surface area (Å²) < 4.78 is 0. The van der Waals surface area contributed by atoms with Crippen LogP contribution in [-0.4, -0.2) is 0 Å². The molecular formula is C17H19N. The van der Waals surface area contributed by atoms with Crippen LogP contribution in [0.2, 0.25) is 0 Å². The van der Waals surface area contributed by atoms with Crippen molar-refractivity contribution in [3.8, 4) is 0 Å². The summed E-state index contributed by atoms with van der Waals surface area (Å²) in [6.45, 7) is 6.31. The van der Waals surface area contributed by atoms with Crippen LogP contribution in [0.25, 0.3) is 0 Å². The van der Waals surface area contributed by atoms with Crippen molar-refractivity contribution in [2.45, 2.75) is 20.8 Å². The maximum atomic E-state index is 2.26. The van der Waals surface area contributed by atoms with Crippen LogP contribution in [0.1, 0.15) is 19.4 Å². The Morgan fingerprint density at radius 1 is 0.889 bits per heavy atom. The van der Waals surface area contributed by atoms with Gasteiger partial charge in [-0.2, -0.15) is 0 Å². The second kappa shape index (κ2) is 5.54. The third kappa shape index (κ3) is 2.62. The molecule has 92 valence electrons. The van der Waals surface area contributed by atoms with Gasteiger partial charge in [-0.1, -0.05) is 42.0 Å². The van der Waals surface area contributed by atoms with E-state index in [0.717, 1.165) is 0 Å². The van der Waals surface area contributed by atoms with Crippen LogP contribution in [0.4, 0.5) is 11.4 Å². The lowest BCUT2D eigenvalue weighted by Crippen LogP contribution is -2.13. The molecule has 0 bridgehead atoms. The molecule has 0 N–H and O–H groups in total. The van der Waals surface area contributed by atoms with E-state index in [1.54, 1.807) is 0 Å². The molecule has 0 aliphatic heterocycles. The summed E-state index contributed by atoms with van der Waals surface area (Å²) in [7, 11) is 0. The zero-order valence-corrected chi connectivity index (χ0v) is 11.2. The highest BCUT2D eigenvalue weighted by atomic mass is 15.1. The van der Waals surface area contributed by atoms with Gasteiger partial charge in [-0.25, -0.2) is 0 Å². The van der Waals surface area contributed by atoms with Gasteiger partial charge < -0.3 is 4.90 Å². The van der Waals surface area contributed by atoms with Crippen LogP contribution in [0, 0.1) is 6.92 Å². The van der Waals surface area contributed by atoms with Crippen molar-refractivity contribution in [3.05, 3.63) is 71.9 Å². The lowest BCUT2D eigenvalue weighted by atomic mass is 10.2. The zero-order chi connectivity index (χ0) is 13.0. The average Bonchev–Trinajstić information content (AvgIpc) is 2.42. The van der Waals surface area contributed by atoms with Crippen LogP contribution in [0.3, 0.4) is 0 Å². The molecule has 2 rings (SSSR count). The van der Waals surface area contributed by atoms with E-state index in [0.29, 0.717) is 0 Å². The number of benzene rings is 2. The van der Waals surface area contributed by atoms with E-state index in [9.17, 15) is 0 Å². The fourth-order valence-electron chi connectivity index (χ4n) is 1.96. The predicted octanol–water partition coefficient (Wildman–Crippen LogP) is 5.06. The second-order valence-electron chi connectivity index (χ2n) is 4.44. The molecule has 0 fully saturated rings. The highest BCUT2D eigenvalue weighted by molar-refractivity contribution is 5.68. The Morgan fingerprint density at radius 3 is 2.00 bits per heavy atom. The first-order valence-electron chi connectivity index (χ1n) is 6.27. The van der Waals surface area contributed by atoms with Crippen LogP contribution < -0.4 is 4.90 Å². The Kier molecular flexibility index (Phi) is 3.83. The highest BCUT2D eigenvalue weighted by Crippen LogP contribution is 2.29. The van der Waals surface area contributed by atoms with E-state index < -0.39 is 0 Å². The molecule has 0 radical (unpaired) electrons. The minimum Gasteiger partial charge on any atom is -0.315 e. The number of hydrogen-bond donors (Lipinski definition) is 0. The Bertz CT molecular complexity index is 523. The standard InChI is InChI=1S/C17H19N/c1-4-15(3)18(16-8-6-5-7-9-16)17-12-10-14(2)11-13-17/h4-13H,1-3H3. The van der Waals surface area contributed by atoms with Gasteiger partial charge in [-0.15, -0.1) is 0 Å². The summed E-state index contributed by atoms with van der Waals surface area (Å²) in [4.78, 5) is 2.26. The van der Waals surface area contributed by atoms with Crippen molar-refractivity contribution >= 4 is 11.4 Å². The maximum absolute atomic E-state index is 2.26. The Balaban J connectivity index is 2.47.